The number of amides is 1. The highest BCUT2D eigenvalue weighted by Crippen LogP contribution is 2.34. The van der Waals surface area contributed by atoms with Gasteiger partial charge in [0.05, 0.1) is 46.5 Å². The Morgan fingerprint density at radius 1 is 0.977 bits per heavy atom. The minimum atomic E-state index is -3.66. The lowest BCUT2D eigenvalue weighted by atomic mass is 9.95. The van der Waals surface area contributed by atoms with Gasteiger partial charge in [-0.2, -0.15) is 5.10 Å². The Bertz CT molecular complexity index is 2190. The minimum absolute atomic E-state index is 0.116. The molecular formula is C30H28FN9O3S. The Balaban J connectivity index is 1.40. The van der Waals surface area contributed by atoms with Crippen LogP contribution in [0.1, 0.15) is 31.7 Å². The van der Waals surface area contributed by atoms with Crippen molar-refractivity contribution in [2.45, 2.75) is 26.1 Å². The van der Waals surface area contributed by atoms with Gasteiger partial charge in [0.2, 0.25) is 5.91 Å². The first-order valence-electron chi connectivity index (χ1n) is 13.5. The molecule has 44 heavy (non-hydrogen) atoms. The first-order valence-corrected chi connectivity index (χ1v) is 15.4. The molecule has 0 radical (unpaired) electrons. The fourth-order valence-corrected chi connectivity index (χ4v) is 5.29. The van der Waals surface area contributed by atoms with Crippen molar-refractivity contribution in [1.29, 1.82) is 0 Å². The number of aromatic amines is 2. The van der Waals surface area contributed by atoms with Crippen molar-refractivity contribution in [2.75, 3.05) is 11.6 Å². The molecule has 1 aromatic carbocycles. The van der Waals surface area contributed by atoms with E-state index in [1.807, 2.05) is 26.8 Å². The molecule has 0 aliphatic rings. The Labute approximate surface area is 251 Å². The maximum absolute atomic E-state index is 14.6. The van der Waals surface area contributed by atoms with E-state index in [0.717, 1.165) is 17.7 Å². The van der Waals surface area contributed by atoms with Crippen LogP contribution in [0, 0.1) is 11.2 Å². The number of rotatable bonds is 6. The highest BCUT2D eigenvalue weighted by atomic mass is 32.2. The molecular weight excluding hydrogens is 585 g/mol. The molecule has 0 spiro atoms. The summed E-state index contributed by atoms with van der Waals surface area (Å²) < 4.78 is 38.7. The van der Waals surface area contributed by atoms with Crippen molar-refractivity contribution in [3.63, 3.8) is 0 Å². The Kier molecular flexibility index (Phi) is 6.97. The van der Waals surface area contributed by atoms with E-state index in [0.29, 0.717) is 56.1 Å². The van der Waals surface area contributed by atoms with Gasteiger partial charge >= 0.3 is 0 Å². The molecule has 6 rings (SSSR count). The van der Waals surface area contributed by atoms with Crippen molar-refractivity contribution in [1.82, 2.24) is 35.1 Å². The summed E-state index contributed by atoms with van der Waals surface area (Å²) in [5.74, 6) is -0.353. The summed E-state index contributed by atoms with van der Waals surface area (Å²) in [5, 5.41) is 9.66. The molecule has 5 aromatic heterocycles. The predicted molar refractivity (Wildman–Crippen MR) is 165 cm³/mol. The number of anilines is 1. The normalized spacial score (nSPS) is 13.0. The van der Waals surface area contributed by atoms with E-state index in [-0.39, 0.29) is 11.5 Å². The van der Waals surface area contributed by atoms with Gasteiger partial charge in [-0.15, -0.1) is 0 Å². The van der Waals surface area contributed by atoms with E-state index in [1.54, 1.807) is 30.9 Å². The van der Waals surface area contributed by atoms with Crippen molar-refractivity contribution >= 4 is 43.4 Å². The van der Waals surface area contributed by atoms with E-state index in [9.17, 15) is 17.6 Å². The minimum Gasteiger partial charge on any atom is -0.335 e. The predicted octanol–water partition coefficient (Wildman–Crippen LogP) is 4.75. The second-order valence-corrected chi connectivity index (χ2v) is 13.7. The van der Waals surface area contributed by atoms with Crippen molar-refractivity contribution in [3.8, 4) is 33.9 Å². The van der Waals surface area contributed by atoms with Gasteiger partial charge in [-0.3, -0.25) is 24.8 Å². The van der Waals surface area contributed by atoms with Gasteiger partial charge in [0.1, 0.15) is 16.9 Å². The van der Waals surface area contributed by atoms with Crippen molar-refractivity contribution in [3.05, 3.63) is 72.7 Å². The first kappa shape index (κ1) is 29.0. The average Bonchev–Trinajstić information content (AvgIpc) is 3.59. The summed E-state index contributed by atoms with van der Waals surface area (Å²) >= 11 is 0. The van der Waals surface area contributed by atoms with Crippen LogP contribution in [-0.4, -0.2) is 55.7 Å². The highest BCUT2D eigenvalue weighted by Gasteiger charge is 2.23. The molecule has 6 aromatic rings. The number of imidazole rings is 1. The fraction of sp³-hybridized carbons (Fsp3) is 0.200. The number of carbonyl (C=O) groups excluding carboxylic acids is 1. The van der Waals surface area contributed by atoms with Gasteiger partial charge in [-0.25, -0.2) is 17.8 Å². The van der Waals surface area contributed by atoms with E-state index >= 15 is 0 Å². The van der Waals surface area contributed by atoms with Crippen LogP contribution in [0.2, 0.25) is 0 Å². The summed E-state index contributed by atoms with van der Waals surface area (Å²) in [6.07, 6.45) is 8.99. The number of nitrogens with one attached hydrogen (secondary N) is 3. The fourth-order valence-electron chi connectivity index (χ4n) is 4.66. The van der Waals surface area contributed by atoms with Crippen LogP contribution in [0.4, 0.5) is 10.1 Å². The molecule has 0 aliphatic carbocycles. The molecule has 1 atom stereocenters. The van der Waals surface area contributed by atoms with Gasteiger partial charge in [0, 0.05) is 40.6 Å². The Morgan fingerprint density at radius 2 is 1.75 bits per heavy atom. The molecule has 0 bridgehead atoms. The molecule has 5 N–H and O–H groups in total. The van der Waals surface area contributed by atoms with Crippen LogP contribution in [0.5, 0.6) is 0 Å². The Morgan fingerprint density at radius 3 is 2.50 bits per heavy atom. The molecule has 1 unspecified atom stereocenters. The summed E-state index contributed by atoms with van der Waals surface area (Å²) in [4.78, 5) is 33.6. The number of H-pyrrole nitrogens is 2. The molecule has 0 aliphatic heterocycles. The number of aromatic nitrogens is 7. The molecule has 0 fully saturated rings. The summed E-state index contributed by atoms with van der Waals surface area (Å²) in [6, 6.07) is 7.54. The quantitative estimate of drug-likeness (QED) is 0.206. The van der Waals surface area contributed by atoms with E-state index in [1.165, 1.54) is 18.3 Å². The highest BCUT2D eigenvalue weighted by molar-refractivity contribution is 7.90. The SMILES string of the molecule is CC(C)(C)C(=O)Nc1cncc(-c2cc3c(-c4nc5c(-c6cc(F)cc(C(N)S(C)(=O)=O)c6)cncc5[nH]4)n[nH]c3cn2)c1. The average molecular weight is 614 g/mol. The third-order valence-corrected chi connectivity index (χ3v) is 8.25. The topological polar surface area (TPSA) is 185 Å². The summed E-state index contributed by atoms with van der Waals surface area (Å²) in [7, 11) is -3.66. The van der Waals surface area contributed by atoms with E-state index in [4.69, 9.17) is 10.7 Å². The largest absolute Gasteiger partial charge is 0.335 e. The number of sulfone groups is 1. The molecule has 0 saturated carbocycles. The molecule has 0 saturated heterocycles. The standard InChI is InChI=1S/C30H28FN9O3S/c1-30(2,3)29(41)36-19-8-17(10-33-11-19)22-9-20-23(14-35-22)39-40-26(20)28-37-24-13-34-12-21(25(24)38-28)15-5-16(7-18(31)6-15)27(32)44(4,42)43/h5-14,27H,32H2,1-4H3,(H,36,41)(H,37,38)(H,39,40). The maximum Gasteiger partial charge on any atom is 0.229 e. The number of halogens is 1. The monoisotopic (exact) mass is 613 g/mol. The lowest BCUT2D eigenvalue weighted by Gasteiger charge is -2.17. The smallest absolute Gasteiger partial charge is 0.229 e. The van der Waals surface area contributed by atoms with E-state index < -0.39 is 26.4 Å². The number of carbonyl (C=O) groups is 1. The van der Waals surface area contributed by atoms with Crippen LogP contribution >= 0.6 is 0 Å². The van der Waals surface area contributed by atoms with Gasteiger partial charge in [0.15, 0.2) is 15.7 Å². The molecule has 14 heteroatoms. The number of nitrogens with two attached hydrogens (primary N) is 1. The molecule has 1 amide bonds. The molecule has 224 valence electrons. The van der Waals surface area contributed by atoms with Crippen LogP contribution in [0.15, 0.2) is 61.3 Å². The second kappa shape index (κ2) is 10.6. The van der Waals surface area contributed by atoms with E-state index in [2.05, 4.69) is 35.5 Å². The van der Waals surface area contributed by atoms with Crippen molar-refractivity contribution < 1.29 is 17.6 Å². The zero-order chi connectivity index (χ0) is 31.4. The third kappa shape index (κ3) is 5.52. The van der Waals surface area contributed by atoms with Crippen molar-refractivity contribution in [2.24, 2.45) is 11.1 Å². The number of hydrogen-bond acceptors (Lipinski definition) is 9. The van der Waals surface area contributed by atoms with Gasteiger partial charge < -0.3 is 16.0 Å². The zero-order valence-corrected chi connectivity index (χ0v) is 25.0. The summed E-state index contributed by atoms with van der Waals surface area (Å²) in [6.45, 7) is 5.49. The van der Waals surface area contributed by atoms with Crippen LogP contribution in [0.25, 0.3) is 55.8 Å². The number of nitrogens with zero attached hydrogens (tertiary/aromatic N) is 5. The van der Waals surface area contributed by atoms with Gasteiger partial charge in [0.25, 0.3) is 0 Å². The van der Waals surface area contributed by atoms with Crippen LogP contribution in [-0.2, 0) is 14.6 Å². The Hall–Kier alpha value is -5.08. The van der Waals surface area contributed by atoms with Gasteiger partial charge in [-0.1, -0.05) is 20.8 Å². The maximum atomic E-state index is 14.6. The molecule has 5 heterocycles. The van der Waals surface area contributed by atoms with Crippen LogP contribution < -0.4 is 11.1 Å². The third-order valence-electron chi connectivity index (χ3n) is 7.06. The molecule has 12 nitrogen and oxygen atoms in total. The number of pyridine rings is 3. The lowest BCUT2D eigenvalue weighted by Crippen LogP contribution is -2.27. The lowest BCUT2D eigenvalue weighted by molar-refractivity contribution is -0.123. The number of fused-ring (bicyclic) bond motifs is 2. The summed E-state index contributed by atoms with van der Waals surface area (Å²) in [5.41, 5.74) is 10.4. The van der Waals surface area contributed by atoms with Crippen LogP contribution in [0.3, 0.4) is 0 Å². The zero-order valence-electron chi connectivity index (χ0n) is 24.2. The second-order valence-electron chi connectivity index (χ2n) is 11.5. The number of hydrogen-bond donors (Lipinski definition) is 4. The van der Waals surface area contributed by atoms with Gasteiger partial charge in [-0.05, 0) is 41.5 Å². The number of benzene rings is 1. The first-order chi connectivity index (χ1) is 20.8.